The average molecular weight is 527 g/mol. The third kappa shape index (κ3) is 5.52. The van der Waals surface area contributed by atoms with Crippen LogP contribution < -0.4 is 14.8 Å². The van der Waals surface area contributed by atoms with Gasteiger partial charge in [-0.2, -0.15) is 26.6 Å². The first kappa shape index (κ1) is 25.2. The Morgan fingerprint density at radius 2 is 1.83 bits per heavy atom. The van der Waals surface area contributed by atoms with Gasteiger partial charge in [-0.1, -0.05) is 24.3 Å². The van der Waals surface area contributed by atoms with Crippen LogP contribution in [0.1, 0.15) is 11.1 Å². The lowest BCUT2D eigenvalue weighted by atomic mass is 9.97. The molecule has 1 N–H and O–H groups in total. The molecule has 2 aromatic heterocycles. The number of rotatable bonds is 6. The van der Waals surface area contributed by atoms with Gasteiger partial charge in [-0.05, 0) is 28.8 Å². The summed E-state index contributed by atoms with van der Waals surface area (Å²) in [5.41, 5.74) is -4.67. The van der Waals surface area contributed by atoms with Crippen LogP contribution in [0.25, 0.3) is 5.57 Å². The van der Waals surface area contributed by atoms with Crippen molar-refractivity contribution in [2.75, 3.05) is 18.0 Å². The van der Waals surface area contributed by atoms with E-state index in [1.165, 1.54) is 24.5 Å². The molecular formula is C21H17F4N5O5S. The molecule has 0 unspecified atom stereocenters. The topological polar surface area (TPSA) is 128 Å². The summed E-state index contributed by atoms with van der Waals surface area (Å²) in [5.74, 6) is -1.11. The second-order valence-electron chi connectivity index (χ2n) is 7.64. The SMILES string of the molecule is O=c1nc(N2CC=C(c3ccc(F)cc3)[C@@H](O)C2)ncn1Cc1ccc(OS(=O)(=O)C(F)(F)F)nc1. The first-order chi connectivity index (χ1) is 16.9. The maximum atomic E-state index is 13.2. The molecule has 0 fully saturated rings. The largest absolute Gasteiger partial charge is 0.534 e. The minimum atomic E-state index is -5.85. The number of benzene rings is 1. The van der Waals surface area contributed by atoms with Gasteiger partial charge >= 0.3 is 21.3 Å². The van der Waals surface area contributed by atoms with Crippen molar-refractivity contribution in [2.45, 2.75) is 18.2 Å². The number of halogens is 4. The molecule has 1 aliphatic rings. The highest BCUT2D eigenvalue weighted by Gasteiger charge is 2.48. The molecule has 1 aromatic carbocycles. The van der Waals surface area contributed by atoms with E-state index in [2.05, 4.69) is 19.1 Å². The summed E-state index contributed by atoms with van der Waals surface area (Å²) in [4.78, 5) is 25.6. The van der Waals surface area contributed by atoms with Gasteiger partial charge in [0.05, 0.1) is 19.2 Å². The van der Waals surface area contributed by atoms with E-state index < -0.39 is 39.1 Å². The van der Waals surface area contributed by atoms with Gasteiger partial charge < -0.3 is 14.2 Å². The molecule has 0 bridgehead atoms. The van der Waals surface area contributed by atoms with Crippen LogP contribution in [0.5, 0.6) is 5.88 Å². The van der Waals surface area contributed by atoms with Crippen molar-refractivity contribution < 1.29 is 35.3 Å². The van der Waals surface area contributed by atoms with Gasteiger partial charge in [0.15, 0.2) is 0 Å². The fraction of sp³-hybridized carbons (Fsp3) is 0.238. The van der Waals surface area contributed by atoms with Gasteiger partial charge in [0.25, 0.3) is 0 Å². The molecule has 0 saturated carbocycles. The molecule has 3 heterocycles. The molecule has 1 aliphatic heterocycles. The van der Waals surface area contributed by atoms with Crippen molar-refractivity contribution in [3.05, 3.63) is 82.4 Å². The summed E-state index contributed by atoms with van der Waals surface area (Å²) in [7, 11) is -5.85. The zero-order chi connectivity index (χ0) is 26.1. The predicted octanol–water partition coefficient (Wildman–Crippen LogP) is 1.71. The molecule has 10 nitrogen and oxygen atoms in total. The molecular weight excluding hydrogens is 510 g/mol. The second-order valence-corrected chi connectivity index (χ2v) is 9.18. The molecule has 15 heteroatoms. The fourth-order valence-electron chi connectivity index (χ4n) is 3.36. The van der Waals surface area contributed by atoms with Crippen LogP contribution in [0.3, 0.4) is 0 Å². The molecule has 0 aliphatic carbocycles. The number of aromatic nitrogens is 4. The summed E-state index contributed by atoms with van der Waals surface area (Å²) in [5, 5.41) is 10.5. The first-order valence-corrected chi connectivity index (χ1v) is 11.6. The number of hydrogen-bond donors (Lipinski definition) is 1. The quantitative estimate of drug-likeness (QED) is 0.290. The maximum Gasteiger partial charge on any atom is 0.534 e. The van der Waals surface area contributed by atoms with Crippen molar-refractivity contribution >= 4 is 21.6 Å². The van der Waals surface area contributed by atoms with Gasteiger partial charge in [-0.3, -0.25) is 4.57 Å². The monoisotopic (exact) mass is 527 g/mol. The van der Waals surface area contributed by atoms with E-state index in [0.717, 1.165) is 16.8 Å². The number of pyridine rings is 1. The van der Waals surface area contributed by atoms with Crippen molar-refractivity contribution in [3.8, 4) is 5.88 Å². The van der Waals surface area contributed by atoms with Crippen LogP contribution in [0.4, 0.5) is 23.5 Å². The molecule has 0 saturated heterocycles. The number of aliphatic hydroxyl groups excluding tert-OH is 1. The van der Waals surface area contributed by atoms with Gasteiger partial charge in [0, 0.05) is 18.8 Å². The lowest BCUT2D eigenvalue weighted by Crippen LogP contribution is -2.40. The van der Waals surface area contributed by atoms with Crippen LogP contribution in [-0.2, 0) is 16.7 Å². The molecule has 0 spiro atoms. The van der Waals surface area contributed by atoms with E-state index in [1.807, 2.05) is 0 Å². The molecule has 4 rings (SSSR count). The Bertz CT molecular complexity index is 1440. The van der Waals surface area contributed by atoms with Gasteiger partial charge in [0.1, 0.15) is 12.1 Å². The first-order valence-electron chi connectivity index (χ1n) is 10.2. The van der Waals surface area contributed by atoms with Crippen LogP contribution in [-0.4, -0.2) is 57.7 Å². The number of alkyl halides is 3. The van der Waals surface area contributed by atoms with E-state index in [0.29, 0.717) is 23.2 Å². The number of nitrogens with zero attached hydrogens (tertiary/aromatic N) is 5. The highest BCUT2D eigenvalue weighted by atomic mass is 32.2. The van der Waals surface area contributed by atoms with E-state index in [1.54, 1.807) is 23.1 Å². The second kappa shape index (κ2) is 9.66. The average Bonchev–Trinajstić information content (AvgIpc) is 2.81. The van der Waals surface area contributed by atoms with Crippen molar-refractivity contribution in [2.24, 2.45) is 0 Å². The summed E-state index contributed by atoms with van der Waals surface area (Å²) in [6, 6.07) is 7.84. The highest BCUT2D eigenvalue weighted by Crippen LogP contribution is 2.26. The maximum absolute atomic E-state index is 13.2. The third-order valence-electron chi connectivity index (χ3n) is 5.13. The minimum Gasteiger partial charge on any atom is -0.387 e. The smallest absolute Gasteiger partial charge is 0.387 e. The number of anilines is 1. The zero-order valence-electron chi connectivity index (χ0n) is 18.1. The van der Waals surface area contributed by atoms with E-state index >= 15 is 0 Å². The molecule has 36 heavy (non-hydrogen) atoms. The van der Waals surface area contributed by atoms with Crippen molar-refractivity contribution in [1.82, 2.24) is 19.5 Å². The van der Waals surface area contributed by atoms with Gasteiger partial charge in [-0.15, -0.1) is 0 Å². The van der Waals surface area contributed by atoms with Gasteiger partial charge in [0.2, 0.25) is 11.8 Å². The number of aliphatic hydroxyl groups is 1. The lowest BCUT2D eigenvalue weighted by molar-refractivity contribution is -0.0501. The van der Waals surface area contributed by atoms with Crippen LogP contribution in [0.2, 0.25) is 0 Å². The Hall–Kier alpha value is -3.85. The Morgan fingerprint density at radius 3 is 2.42 bits per heavy atom. The zero-order valence-corrected chi connectivity index (χ0v) is 18.9. The van der Waals surface area contributed by atoms with Crippen molar-refractivity contribution in [1.29, 1.82) is 0 Å². The molecule has 1 atom stereocenters. The van der Waals surface area contributed by atoms with Crippen LogP contribution >= 0.6 is 0 Å². The minimum absolute atomic E-state index is 0.0731. The molecule has 3 aromatic rings. The number of β-amino-alcohol motifs (C(OH)–C–C–N with tert-alkyl or cyclic N) is 1. The summed E-state index contributed by atoms with van der Waals surface area (Å²) in [6.45, 7) is 0.286. The van der Waals surface area contributed by atoms with E-state index in [9.17, 15) is 35.9 Å². The summed E-state index contributed by atoms with van der Waals surface area (Å²) in [6.07, 6.45) is 3.05. The predicted molar refractivity (Wildman–Crippen MR) is 118 cm³/mol. The van der Waals surface area contributed by atoms with Crippen LogP contribution in [0, 0.1) is 5.82 Å². The standard InChI is InChI=1S/C21H17F4N5O5S/c22-15-4-2-14(3-5-15)16-7-8-29(11-17(16)31)19-27-12-30(20(32)28-19)10-13-1-6-18(26-9-13)35-36(33,34)21(23,24)25/h1-7,9,12,17,31H,8,10-11H2/t17-/m0/s1. The Balaban J connectivity index is 1.44. The molecule has 0 radical (unpaired) electrons. The lowest BCUT2D eigenvalue weighted by Gasteiger charge is -2.30. The normalized spacial score (nSPS) is 16.5. The Kier molecular flexibility index (Phi) is 6.77. The van der Waals surface area contributed by atoms with Crippen molar-refractivity contribution in [3.63, 3.8) is 0 Å². The molecule has 190 valence electrons. The fourth-order valence-corrected chi connectivity index (χ4v) is 3.78. The number of hydrogen-bond acceptors (Lipinski definition) is 9. The highest BCUT2D eigenvalue weighted by molar-refractivity contribution is 7.87. The summed E-state index contributed by atoms with van der Waals surface area (Å²) < 4.78 is 77.5. The summed E-state index contributed by atoms with van der Waals surface area (Å²) >= 11 is 0. The van der Waals surface area contributed by atoms with E-state index in [4.69, 9.17) is 0 Å². The Morgan fingerprint density at radius 1 is 1.11 bits per heavy atom. The van der Waals surface area contributed by atoms with Crippen LogP contribution in [0.15, 0.2) is 59.8 Å². The third-order valence-corrected chi connectivity index (χ3v) is 6.08. The van der Waals surface area contributed by atoms with E-state index in [-0.39, 0.29) is 19.0 Å². The molecule has 0 amide bonds. The Labute approximate surface area is 201 Å². The van der Waals surface area contributed by atoms with Gasteiger partial charge in [-0.25, -0.2) is 19.2 Å².